The monoisotopic (exact) mass is 638 g/mol. The van der Waals surface area contributed by atoms with Crippen LogP contribution in [-0.4, -0.2) is 4.98 Å². The molecule has 10 aromatic rings. The number of aromatic nitrogens is 1. The molecule has 3 nitrogen and oxygen atoms in total. The summed E-state index contributed by atoms with van der Waals surface area (Å²) in [7, 11) is 0. The van der Waals surface area contributed by atoms with Gasteiger partial charge in [0.2, 0.25) is 0 Å². The summed E-state index contributed by atoms with van der Waals surface area (Å²) in [5.41, 5.74) is 9.67. The molecule has 10 rings (SSSR count). The molecule has 0 aliphatic carbocycles. The lowest BCUT2D eigenvalue weighted by atomic mass is 9.97. The van der Waals surface area contributed by atoms with Gasteiger partial charge < -0.3 is 9.32 Å². The fraction of sp³-hybridized carbons (Fsp3) is 0. The first-order chi connectivity index (χ1) is 24.8. The summed E-state index contributed by atoms with van der Waals surface area (Å²) in [6.07, 6.45) is 3.71. The van der Waals surface area contributed by atoms with Gasteiger partial charge in [-0.2, -0.15) is 0 Å². The van der Waals surface area contributed by atoms with Gasteiger partial charge in [-0.15, -0.1) is 0 Å². The summed E-state index contributed by atoms with van der Waals surface area (Å²) < 4.78 is 6.59. The zero-order valence-electron chi connectivity index (χ0n) is 27.1. The van der Waals surface area contributed by atoms with Crippen molar-refractivity contribution in [2.45, 2.75) is 0 Å². The SMILES string of the molecule is c1ccc(-c2ccc(N(c3ccc(-c4ccc5c(ccc6ccccc65)c4)cc3)c3ccc4c(c3)oc3c5ccncc5ccc43)cc2)cc1. The number of fused-ring (bicyclic) bond motifs is 8. The number of nitrogens with zero attached hydrogens (tertiary/aromatic N) is 2. The molecule has 234 valence electrons. The third-order valence-corrected chi connectivity index (χ3v) is 9.93. The average molecular weight is 639 g/mol. The van der Waals surface area contributed by atoms with Crippen LogP contribution in [-0.2, 0) is 0 Å². The molecule has 0 N–H and O–H groups in total. The van der Waals surface area contributed by atoms with Crippen molar-refractivity contribution in [3.8, 4) is 22.3 Å². The third kappa shape index (κ3) is 4.71. The molecule has 0 saturated carbocycles. The summed E-state index contributed by atoms with van der Waals surface area (Å²) in [5.74, 6) is 0. The van der Waals surface area contributed by atoms with E-state index in [-0.39, 0.29) is 0 Å². The van der Waals surface area contributed by atoms with Gasteiger partial charge in [-0.3, -0.25) is 4.98 Å². The zero-order valence-corrected chi connectivity index (χ0v) is 27.1. The quantitative estimate of drug-likeness (QED) is 0.176. The molecule has 2 aromatic heterocycles. The fourth-order valence-corrected chi connectivity index (χ4v) is 7.41. The van der Waals surface area contributed by atoms with E-state index in [4.69, 9.17) is 4.42 Å². The summed E-state index contributed by atoms with van der Waals surface area (Å²) in [6.45, 7) is 0. The van der Waals surface area contributed by atoms with Gasteiger partial charge in [0, 0.05) is 57.1 Å². The number of furan rings is 1. The van der Waals surface area contributed by atoms with E-state index in [1.807, 2.05) is 18.5 Å². The highest BCUT2D eigenvalue weighted by Gasteiger charge is 2.17. The van der Waals surface area contributed by atoms with Crippen LogP contribution in [0.5, 0.6) is 0 Å². The lowest BCUT2D eigenvalue weighted by Crippen LogP contribution is -2.09. The van der Waals surface area contributed by atoms with Crippen LogP contribution in [0.15, 0.2) is 187 Å². The molecule has 0 spiro atoms. The van der Waals surface area contributed by atoms with E-state index in [1.165, 1.54) is 43.8 Å². The Hall–Kier alpha value is -6.71. The highest BCUT2D eigenvalue weighted by molar-refractivity contribution is 6.15. The lowest BCUT2D eigenvalue weighted by Gasteiger charge is -2.26. The number of hydrogen-bond donors (Lipinski definition) is 0. The number of anilines is 3. The average Bonchev–Trinajstić information content (AvgIpc) is 3.57. The molecule has 50 heavy (non-hydrogen) atoms. The molecular formula is C47H30N2O. The van der Waals surface area contributed by atoms with Crippen molar-refractivity contribution in [3.63, 3.8) is 0 Å². The van der Waals surface area contributed by atoms with Crippen molar-refractivity contribution >= 4 is 71.3 Å². The Labute approximate surface area is 289 Å². The molecule has 0 saturated heterocycles. The van der Waals surface area contributed by atoms with Crippen LogP contribution in [0.3, 0.4) is 0 Å². The molecule has 0 radical (unpaired) electrons. The number of benzene rings is 8. The van der Waals surface area contributed by atoms with E-state index in [0.29, 0.717) is 0 Å². The van der Waals surface area contributed by atoms with E-state index < -0.39 is 0 Å². The molecular weight excluding hydrogens is 609 g/mol. The number of pyridine rings is 1. The lowest BCUT2D eigenvalue weighted by molar-refractivity contribution is 0.672. The Bertz CT molecular complexity index is 2850. The predicted octanol–water partition coefficient (Wildman–Crippen LogP) is 13.2. The summed E-state index contributed by atoms with van der Waals surface area (Å²) in [4.78, 5) is 6.61. The van der Waals surface area contributed by atoms with E-state index in [1.54, 1.807) is 0 Å². The molecule has 0 unspecified atom stereocenters. The molecule has 0 aliphatic rings. The van der Waals surface area contributed by atoms with Gasteiger partial charge in [-0.1, -0.05) is 109 Å². The second-order valence-electron chi connectivity index (χ2n) is 12.8. The Kier molecular flexibility index (Phi) is 6.49. The third-order valence-electron chi connectivity index (χ3n) is 9.93. The fourth-order valence-electron chi connectivity index (χ4n) is 7.41. The molecule has 3 heteroatoms. The van der Waals surface area contributed by atoms with E-state index in [0.717, 1.165) is 49.8 Å². The maximum atomic E-state index is 6.59. The second-order valence-corrected chi connectivity index (χ2v) is 12.8. The molecule has 8 aromatic carbocycles. The van der Waals surface area contributed by atoms with Crippen LogP contribution in [0.25, 0.3) is 76.5 Å². The summed E-state index contributed by atoms with van der Waals surface area (Å²) in [6, 6.07) is 60.8. The number of hydrogen-bond acceptors (Lipinski definition) is 3. The molecule has 0 bridgehead atoms. The van der Waals surface area contributed by atoms with Crippen molar-refractivity contribution in [2.75, 3.05) is 4.90 Å². The first-order valence-electron chi connectivity index (χ1n) is 16.9. The van der Waals surface area contributed by atoms with Crippen LogP contribution in [0.4, 0.5) is 17.1 Å². The summed E-state index contributed by atoms with van der Waals surface area (Å²) in [5, 5.41) is 9.42. The van der Waals surface area contributed by atoms with Crippen LogP contribution < -0.4 is 4.90 Å². The van der Waals surface area contributed by atoms with Crippen LogP contribution in [0, 0.1) is 0 Å². The van der Waals surface area contributed by atoms with Crippen molar-refractivity contribution in [2.24, 2.45) is 0 Å². The molecule has 0 atom stereocenters. The number of rotatable bonds is 5. The van der Waals surface area contributed by atoms with E-state index >= 15 is 0 Å². The highest BCUT2D eigenvalue weighted by atomic mass is 16.3. The Morgan fingerprint density at radius 2 is 0.980 bits per heavy atom. The van der Waals surface area contributed by atoms with Gasteiger partial charge in [0.25, 0.3) is 0 Å². The minimum absolute atomic E-state index is 0.855. The standard InChI is InChI=1S/C47H30N2O/c1-2-6-31(7-3-1)32-12-18-38(19-13-32)49(40-22-25-44-45-24-17-37-30-48-27-26-43(37)47(45)50-46(44)29-40)39-20-14-33(15-21-39)35-16-23-42-36(28-35)11-10-34-8-4-5-9-41(34)42/h1-30H. The molecule has 0 aliphatic heterocycles. The first kappa shape index (κ1) is 28.3. The molecule has 0 amide bonds. The Morgan fingerprint density at radius 1 is 0.380 bits per heavy atom. The van der Waals surface area contributed by atoms with Crippen LogP contribution >= 0.6 is 0 Å². The predicted molar refractivity (Wildman–Crippen MR) is 210 cm³/mol. The molecule has 0 fully saturated rings. The van der Waals surface area contributed by atoms with Crippen molar-refractivity contribution in [3.05, 3.63) is 182 Å². The first-order valence-corrected chi connectivity index (χ1v) is 16.9. The van der Waals surface area contributed by atoms with Gasteiger partial charge in [0.05, 0.1) is 0 Å². The second kappa shape index (κ2) is 11.5. The van der Waals surface area contributed by atoms with Gasteiger partial charge in [-0.25, -0.2) is 0 Å². The van der Waals surface area contributed by atoms with E-state index in [2.05, 4.69) is 174 Å². The smallest absolute Gasteiger partial charge is 0.143 e. The Balaban J connectivity index is 1.08. The van der Waals surface area contributed by atoms with Crippen molar-refractivity contribution in [1.82, 2.24) is 4.98 Å². The Morgan fingerprint density at radius 3 is 1.80 bits per heavy atom. The van der Waals surface area contributed by atoms with Gasteiger partial charge >= 0.3 is 0 Å². The van der Waals surface area contributed by atoms with Crippen molar-refractivity contribution < 1.29 is 4.42 Å². The highest BCUT2D eigenvalue weighted by Crippen LogP contribution is 2.41. The van der Waals surface area contributed by atoms with Gasteiger partial charge in [0.15, 0.2) is 0 Å². The maximum absolute atomic E-state index is 6.59. The van der Waals surface area contributed by atoms with Crippen molar-refractivity contribution in [1.29, 1.82) is 0 Å². The van der Waals surface area contributed by atoms with E-state index in [9.17, 15) is 0 Å². The zero-order chi connectivity index (χ0) is 33.0. The molecule has 2 heterocycles. The van der Waals surface area contributed by atoms with Gasteiger partial charge in [0.1, 0.15) is 11.2 Å². The maximum Gasteiger partial charge on any atom is 0.143 e. The minimum Gasteiger partial charge on any atom is -0.455 e. The summed E-state index contributed by atoms with van der Waals surface area (Å²) >= 11 is 0. The largest absolute Gasteiger partial charge is 0.455 e. The minimum atomic E-state index is 0.855. The van der Waals surface area contributed by atoms with Gasteiger partial charge in [-0.05, 0) is 98.4 Å². The van der Waals surface area contributed by atoms with Crippen LogP contribution in [0.1, 0.15) is 0 Å². The van der Waals surface area contributed by atoms with Crippen LogP contribution in [0.2, 0.25) is 0 Å². The normalized spacial score (nSPS) is 11.6. The topological polar surface area (TPSA) is 29.3 Å².